The molecular weight excluding hydrogens is 436 g/mol. The fourth-order valence-corrected chi connectivity index (χ4v) is 4.12. The molecule has 0 N–H and O–H groups in total. The number of hydrogen-bond donors (Lipinski definition) is 0. The van der Waals surface area contributed by atoms with Crippen LogP contribution in [-0.2, 0) is 24.6 Å². The van der Waals surface area contributed by atoms with Gasteiger partial charge in [-0.3, -0.25) is 14.9 Å². The van der Waals surface area contributed by atoms with Crippen LogP contribution in [0.15, 0.2) is 41.6 Å². The van der Waals surface area contributed by atoms with E-state index in [4.69, 9.17) is 9.57 Å². The quantitative estimate of drug-likeness (QED) is 0.146. The number of rotatable bonds is 10. The van der Waals surface area contributed by atoms with Crippen LogP contribution in [0.3, 0.4) is 0 Å². The number of ether oxygens (including phenoxy) is 1. The van der Waals surface area contributed by atoms with Crippen LogP contribution >= 0.6 is 0 Å². The average molecular weight is 467 g/mol. The molecule has 3 rings (SSSR count). The summed E-state index contributed by atoms with van der Waals surface area (Å²) in [5, 5.41) is 15.4. The van der Waals surface area contributed by atoms with Gasteiger partial charge in [0.15, 0.2) is 0 Å². The monoisotopic (exact) mass is 466 g/mol. The van der Waals surface area contributed by atoms with E-state index in [1.165, 1.54) is 6.07 Å². The highest BCUT2D eigenvalue weighted by atomic mass is 16.7. The summed E-state index contributed by atoms with van der Waals surface area (Å²) in [5.74, 6) is -0.708. The molecule has 0 spiro atoms. The minimum atomic E-state index is -0.456. The molecule has 1 aliphatic carbocycles. The number of carbonyl (C=O) groups excluding carboxylic acids is 2. The highest BCUT2D eigenvalue weighted by molar-refractivity contribution is 6.02. The second kappa shape index (κ2) is 10.6. The second-order valence-corrected chi connectivity index (χ2v) is 8.80. The number of carbonyl (C=O) groups is 2. The van der Waals surface area contributed by atoms with E-state index in [0.29, 0.717) is 25.2 Å². The highest BCUT2D eigenvalue weighted by Crippen LogP contribution is 2.49. The highest BCUT2D eigenvalue weighted by Gasteiger charge is 2.37. The van der Waals surface area contributed by atoms with Gasteiger partial charge in [0.25, 0.3) is 5.69 Å². The summed E-state index contributed by atoms with van der Waals surface area (Å²) in [4.78, 5) is 39.6. The van der Waals surface area contributed by atoms with E-state index in [0.717, 1.165) is 34.2 Å². The Morgan fingerprint density at radius 3 is 2.32 bits per heavy atom. The number of fused-ring (bicyclic) bond motifs is 3. The predicted molar refractivity (Wildman–Crippen MR) is 129 cm³/mol. The fourth-order valence-electron chi connectivity index (χ4n) is 4.12. The van der Waals surface area contributed by atoms with E-state index < -0.39 is 11.4 Å². The first-order valence-corrected chi connectivity index (χ1v) is 11.6. The summed E-state index contributed by atoms with van der Waals surface area (Å²) in [6.45, 7) is 8.08. The summed E-state index contributed by atoms with van der Waals surface area (Å²) in [5.41, 5.74) is 4.82. The number of non-ortho nitro benzene ring substituents is 1. The number of hydrogen-bond acceptors (Lipinski definition) is 7. The fraction of sp³-hybridized carbons (Fsp3) is 0.423. The smallest absolute Gasteiger partial charge is 0.334 e. The Morgan fingerprint density at radius 2 is 1.68 bits per heavy atom. The topological polar surface area (TPSA) is 108 Å². The lowest BCUT2D eigenvalue weighted by molar-refractivity contribution is -0.384. The molecule has 8 heteroatoms. The van der Waals surface area contributed by atoms with Crippen molar-refractivity contribution in [3.05, 3.63) is 63.2 Å². The van der Waals surface area contributed by atoms with Gasteiger partial charge < -0.3 is 9.57 Å². The van der Waals surface area contributed by atoms with Gasteiger partial charge >= 0.3 is 11.9 Å². The van der Waals surface area contributed by atoms with Crippen LogP contribution < -0.4 is 0 Å². The standard InChI is InChI=1S/C26H30N2O6/c1-5-14-33-25(30)9-7-8-23(27-34-24(29)6-2)17-10-12-19-20-13-11-18(28(31)32)16-22(20)26(3,4)21(19)15-17/h10-13,15-16H,5-9,14H2,1-4H3. The Morgan fingerprint density at radius 1 is 1.00 bits per heavy atom. The van der Waals surface area contributed by atoms with Crippen molar-refractivity contribution in [2.45, 2.75) is 65.2 Å². The molecule has 0 fully saturated rings. The van der Waals surface area contributed by atoms with Crippen molar-refractivity contribution in [3.63, 3.8) is 0 Å². The molecule has 1 aliphatic rings. The summed E-state index contributed by atoms with van der Waals surface area (Å²) in [7, 11) is 0. The number of oxime groups is 1. The molecular formula is C26H30N2O6. The van der Waals surface area contributed by atoms with E-state index >= 15 is 0 Å². The van der Waals surface area contributed by atoms with Gasteiger partial charge in [0.1, 0.15) is 0 Å². The van der Waals surface area contributed by atoms with Gasteiger partial charge in [0, 0.05) is 30.4 Å². The molecule has 0 heterocycles. The van der Waals surface area contributed by atoms with E-state index in [-0.39, 0.29) is 29.4 Å². The lowest BCUT2D eigenvalue weighted by Crippen LogP contribution is -2.16. The SMILES string of the molecule is CCCOC(=O)CCCC(=NOC(=O)CC)c1ccc2c(c1)C(C)(C)c1cc([N+](=O)[O-])ccc1-2. The minimum Gasteiger partial charge on any atom is -0.466 e. The maximum absolute atomic E-state index is 11.9. The van der Waals surface area contributed by atoms with Crippen molar-refractivity contribution in [1.29, 1.82) is 0 Å². The van der Waals surface area contributed by atoms with Gasteiger partial charge in [-0.05, 0) is 59.2 Å². The zero-order chi connectivity index (χ0) is 24.9. The molecule has 8 nitrogen and oxygen atoms in total. The first-order valence-electron chi connectivity index (χ1n) is 11.6. The summed E-state index contributed by atoms with van der Waals surface area (Å²) >= 11 is 0. The predicted octanol–water partition coefficient (Wildman–Crippen LogP) is 5.68. The van der Waals surface area contributed by atoms with Crippen molar-refractivity contribution in [2.75, 3.05) is 6.61 Å². The maximum atomic E-state index is 11.9. The van der Waals surface area contributed by atoms with Crippen LogP contribution in [0, 0.1) is 10.1 Å². The van der Waals surface area contributed by atoms with Crippen LogP contribution in [0.1, 0.15) is 76.5 Å². The van der Waals surface area contributed by atoms with Crippen molar-refractivity contribution >= 4 is 23.3 Å². The Bertz CT molecular complexity index is 1140. The number of esters is 1. The van der Waals surface area contributed by atoms with Gasteiger partial charge in [-0.15, -0.1) is 0 Å². The maximum Gasteiger partial charge on any atom is 0.334 e. The molecule has 0 aromatic heterocycles. The lowest BCUT2D eigenvalue weighted by Gasteiger charge is -2.22. The minimum absolute atomic E-state index is 0.0588. The average Bonchev–Trinajstić information content (AvgIpc) is 3.05. The van der Waals surface area contributed by atoms with Gasteiger partial charge in [0.2, 0.25) is 0 Å². The molecule has 2 aromatic rings. The Hall–Kier alpha value is -3.55. The molecule has 0 atom stereocenters. The third-order valence-corrected chi connectivity index (χ3v) is 6.01. The zero-order valence-electron chi connectivity index (χ0n) is 20.1. The van der Waals surface area contributed by atoms with Crippen molar-refractivity contribution in [3.8, 4) is 11.1 Å². The molecule has 0 amide bonds. The van der Waals surface area contributed by atoms with Crippen molar-refractivity contribution in [1.82, 2.24) is 0 Å². The Balaban J connectivity index is 1.91. The van der Waals surface area contributed by atoms with Crippen LogP contribution in [-0.4, -0.2) is 29.2 Å². The largest absolute Gasteiger partial charge is 0.466 e. The first-order chi connectivity index (χ1) is 16.2. The zero-order valence-corrected chi connectivity index (χ0v) is 20.1. The van der Waals surface area contributed by atoms with Gasteiger partial charge in [-0.2, -0.15) is 0 Å². The molecule has 0 bridgehead atoms. The van der Waals surface area contributed by atoms with E-state index in [2.05, 4.69) is 5.16 Å². The summed E-state index contributed by atoms with van der Waals surface area (Å²) in [6.07, 6.45) is 2.13. The van der Waals surface area contributed by atoms with Crippen LogP contribution in [0.2, 0.25) is 0 Å². The number of nitro benzene ring substituents is 1. The number of benzene rings is 2. The number of nitrogens with zero attached hydrogens (tertiary/aromatic N) is 2. The summed E-state index contributed by atoms with van der Waals surface area (Å²) in [6, 6.07) is 10.8. The van der Waals surface area contributed by atoms with Gasteiger partial charge in [-0.25, -0.2) is 4.79 Å². The molecule has 2 aromatic carbocycles. The van der Waals surface area contributed by atoms with E-state index in [1.54, 1.807) is 19.1 Å². The van der Waals surface area contributed by atoms with E-state index in [9.17, 15) is 19.7 Å². The van der Waals surface area contributed by atoms with Crippen molar-refractivity contribution in [2.24, 2.45) is 5.16 Å². The van der Waals surface area contributed by atoms with Crippen LogP contribution in [0.25, 0.3) is 11.1 Å². The van der Waals surface area contributed by atoms with Crippen LogP contribution in [0.5, 0.6) is 0 Å². The molecule has 34 heavy (non-hydrogen) atoms. The normalized spacial score (nSPS) is 13.7. The molecule has 0 saturated heterocycles. The molecule has 0 saturated carbocycles. The Labute approximate surface area is 199 Å². The molecule has 0 radical (unpaired) electrons. The Kier molecular flexibility index (Phi) is 7.81. The summed E-state index contributed by atoms with van der Waals surface area (Å²) < 4.78 is 5.13. The third kappa shape index (κ3) is 5.32. The molecule has 180 valence electrons. The first kappa shape index (κ1) is 25.1. The third-order valence-electron chi connectivity index (χ3n) is 6.01. The molecule has 0 aliphatic heterocycles. The van der Waals surface area contributed by atoms with E-state index in [1.807, 2.05) is 39.0 Å². The lowest BCUT2D eigenvalue weighted by atomic mass is 9.81. The molecule has 0 unspecified atom stereocenters. The van der Waals surface area contributed by atoms with Gasteiger partial charge in [0.05, 0.1) is 17.2 Å². The van der Waals surface area contributed by atoms with Gasteiger partial charge in [-0.1, -0.05) is 45.0 Å². The van der Waals surface area contributed by atoms with Crippen LogP contribution in [0.4, 0.5) is 5.69 Å². The van der Waals surface area contributed by atoms with Crippen molar-refractivity contribution < 1.29 is 24.1 Å². The second-order valence-electron chi connectivity index (χ2n) is 8.80. The number of nitro groups is 1.